The van der Waals surface area contributed by atoms with E-state index in [1.807, 2.05) is 24.8 Å². The molecular weight excluding hydrogens is 446 g/mol. The molecule has 9 heteroatoms. The lowest BCUT2D eigenvalue weighted by atomic mass is 10.2. The summed E-state index contributed by atoms with van der Waals surface area (Å²) in [5.41, 5.74) is 1.69. The van der Waals surface area contributed by atoms with Crippen molar-refractivity contribution in [2.75, 3.05) is 65.5 Å². The van der Waals surface area contributed by atoms with Crippen molar-refractivity contribution in [1.82, 2.24) is 24.6 Å². The molecule has 3 heterocycles. The van der Waals surface area contributed by atoms with Crippen LogP contribution in [0.3, 0.4) is 0 Å². The van der Waals surface area contributed by atoms with E-state index in [4.69, 9.17) is 9.15 Å². The molecule has 2 aliphatic heterocycles. The van der Waals surface area contributed by atoms with Crippen molar-refractivity contribution in [3.05, 3.63) is 53.7 Å². The standard InChI is InChI=1S/C26H39N5O4/c1-21(2)34-19-23(32)17-29-8-10-30(11-9-29)18-25-27-24(20-35-25)26(33)31-14-12-28(13-15-31)16-22-6-4-3-5-7-22/h3-7,20-21,23,32H,8-19H2,1-2H3. The average Bonchev–Trinajstić information content (AvgIpc) is 3.33. The summed E-state index contributed by atoms with van der Waals surface area (Å²) >= 11 is 0. The second kappa shape index (κ2) is 12.6. The van der Waals surface area contributed by atoms with Crippen molar-refractivity contribution < 1.29 is 19.1 Å². The molecule has 35 heavy (non-hydrogen) atoms. The van der Waals surface area contributed by atoms with E-state index in [9.17, 15) is 9.90 Å². The average molecular weight is 486 g/mol. The molecule has 0 bridgehead atoms. The van der Waals surface area contributed by atoms with Gasteiger partial charge in [-0.2, -0.15) is 0 Å². The smallest absolute Gasteiger partial charge is 0.275 e. The van der Waals surface area contributed by atoms with Crippen LogP contribution in [0.4, 0.5) is 0 Å². The fourth-order valence-corrected chi connectivity index (χ4v) is 4.57. The number of ether oxygens (including phenoxy) is 1. The Bertz CT molecular complexity index is 905. The lowest BCUT2D eigenvalue weighted by Gasteiger charge is -2.35. The molecule has 1 unspecified atom stereocenters. The van der Waals surface area contributed by atoms with E-state index >= 15 is 0 Å². The zero-order valence-corrected chi connectivity index (χ0v) is 21.0. The highest BCUT2D eigenvalue weighted by Gasteiger charge is 2.26. The van der Waals surface area contributed by atoms with Gasteiger partial charge in [0, 0.05) is 65.4 Å². The summed E-state index contributed by atoms with van der Waals surface area (Å²) in [6.45, 7) is 13.0. The summed E-state index contributed by atoms with van der Waals surface area (Å²) in [6.07, 6.45) is 1.16. The lowest BCUT2D eigenvalue weighted by molar-refractivity contribution is -0.0151. The molecule has 1 amide bonds. The monoisotopic (exact) mass is 485 g/mol. The fraction of sp³-hybridized carbons (Fsp3) is 0.615. The van der Waals surface area contributed by atoms with Crippen LogP contribution in [0, 0.1) is 0 Å². The summed E-state index contributed by atoms with van der Waals surface area (Å²) < 4.78 is 11.1. The molecular formula is C26H39N5O4. The van der Waals surface area contributed by atoms with Crippen molar-refractivity contribution in [3.63, 3.8) is 0 Å². The molecule has 2 fully saturated rings. The topological polar surface area (TPSA) is 85.5 Å². The van der Waals surface area contributed by atoms with Crippen molar-refractivity contribution in [1.29, 1.82) is 0 Å². The van der Waals surface area contributed by atoms with Gasteiger partial charge in [-0.15, -0.1) is 0 Å². The number of aliphatic hydroxyl groups excluding tert-OH is 1. The second-order valence-electron chi connectivity index (χ2n) is 9.79. The highest BCUT2D eigenvalue weighted by Crippen LogP contribution is 2.14. The number of carbonyl (C=O) groups is 1. The minimum atomic E-state index is -0.468. The van der Waals surface area contributed by atoms with Gasteiger partial charge in [-0.25, -0.2) is 4.98 Å². The van der Waals surface area contributed by atoms with Crippen molar-refractivity contribution in [2.24, 2.45) is 0 Å². The molecule has 0 aliphatic carbocycles. The van der Waals surface area contributed by atoms with Crippen LogP contribution in [-0.4, -0.2) is 113 Å². The van der Waals surface area contributed by atoms with Crippen LogP contribution in [0.2, 0.25) is 0 Å². The number of aromatic nitrogens is 1. The summed E-state index contributed by atoms with van der Waals surface area (Å²) in [5, 5.41) is 10.2. The van der Waals surface area contributed by atoms with Crippen LogP contribution >= 0.6 is 0 Å². The van der Waals surface area contributed by atoms with Gasteiger partial charge < -0.3 is 19.2 Å². The highest BCUT2D eigenvalue weighted by atomic mass is 16.5. The van der Waals surface area contributed by atoms with E-state index in [1.54, 1.807) is 0 Å². The molecule has 9 nitrogen and oxygen atoms in total. The van der Waals surface area contributed by atoms with Crippen LogP contribution in [0.5, 0.6) is 0 Å². The van der Waals surface area contributed by atoms with E-state index in [0.29, 0.717) is 44.4 Å². The molecule has 0 spiro atoms. The Labute approximate surface area is 208 Å². The maximum absolute atomic E-state index is 12.9. The van der Waals surface area contributed by atoms with Gasteiger partial charge in [0.15, 0.2) is 5.69 Å². The van der Waals surface area contributed by atoms with Gasteiger partial charge in [-0.3, -0.25) is 19.5 Å². The molecule has 0 saturated carbocycles. The zero-order valence-electron chi connectivity index (χ0n) is 21.0. The zero-order chi connectivity index (χ0) is 24.6. The van der Waals surface area contributed by atoms with Crippen molar-refractivity contribution in [2.45, 2.75) is 39.1 Å². The summed E-state index contributed by atoms with van der Waals surface area (Å²) in [5.74, 6) is 0.525. The number of oxazole rings is 1. The van der Waals surface area contributed by atoms with E-state index in [1.165, 1.54) is 11.8 Å². The summed E-state index contributed by atoms with van der Waals surface area (Å²) in [6, 6.07) is 10.4. The maximum Gasteiger partial charge on any atom is 0.275 e. The van der Waals surface area contributed by atoms with Crippen molar-refractivity contribution in [3.8, 4) is 0 Å². The first-order valence-corrected chi connectivity index (χ1v) is 12.7. The Hall–Kier alpha value is -2.30. The Morgan fingerprint density at radius 2 is 1.60 bits per heavy atom. The highest BCUT2D eigenvalue weighted by molar-refractivity contribution is 5.92. The van der Waals surface area contributed by atoms with Crippen LogP contribution in [0.1, 0.15) is 35.8 Å². The van der Waals surface area contributed by atoms with Gasteiger partial charge in [0.2, 0.25) is 5.89 Å². The SMILES string of the molecule is CC(C)OCC(O)CN1CCN(Cc2nc(C(=O)N3CCN(Cc4ccccc4)CC3)co2)CC1. The first kappa shape index (κ1) is 25.8. The Balaban J connectivity index is 1.17. The molecule has 2 saturated heterocycles. The molecule has 1 aromatic heterocycles. The third-order valence-electron chi connectivity index (χ3n) is 6.59. The van der Waals surface area contributed by atoms with Crippen LogP contribution in [-0.2, 0) is 17.8 Å². The molecule has 192 valence electrons. The molecule has 0 radical (unpaired) electrons. The number of carbonyl (C=O) groups excluding carboxylic acids is 1. The second-order valence-corrected chi connectivity index (χ2v) is 9.79. The number of piperazine rings is 2. The number of β-amino-alcohol motifs (C(OH)–C–C–N with tert-alkyl or cyclic N) is 1. The number of amides is 1. The number of aliphatic hydroxyl groups is 1. The summed E-state index contributed by atoms with van der Waals surface area (Å²) in [4.78, 5) is 26.2. The van der Waals surface area contributed by atoms with Gasteiger partial charge in [0.25, 0.3) is 5.91 Å². The third-order valence-corrected chi connectivity index (χ3v) is 6.59. The quantitative estimate of drug-likeness (QED) is 0.543. The number of hydrogen-bond donors (Lipinski definition) is 1. The van der Waals surface area contributed by atoms with Crippen LogP contribution in [0.25, 0.3) is 0 Å². The van der Waals surface area contributed by atoms with E-state index in [-0.39, 0.29) is 12.0 Å². The number of benzene rings is 1. The molecule has 2 aliphatic rings. The van der Waals surface area contributed by atoms with Crippen LogP contribution < -0.4 is 0 Å². The van der Waals surface area contributed by atoms with Crippen molar-refractivity contribution >= 4 is 5.91 Å². The minimum Gasteiger partial charge on any atom is -0.447 e. The van der Waals surface area contributed by atoms with E-state index in [0.717, 1.165) is 45.8 Å². The first-order chi connectivity index (χ1) is 17.0. The van der Waals surface area contributed by atoms with E-state index < -0.39 is 6.10 Å². The molecule has 1 N–H and O–H groups in total. The summed E-state index contributed by atoms with van der Waals surface area (Å²) in [7, 11) is 0. The Morgan fingerprint density at radius 3 is 2.29 bits per heavy atom. The predicted molar refractivity (Wildman–Crippen MR) is 133 cm³/mol. The molecule has 2 aromatic rings. The Morgan fingerprint density at radius 1 is 0.971 bits per heavy atom. The van der Waals surface area contributed by atoms with Gasteiger partial charge in [-0.05, 0) is 19.4 Å². The van der Waals surface area contributed by atoms with Gasteiger partial charge in [0.1, 0.15) is 6.26 Å². The molecule has 1 atom stereocenters. The van der Waals surface area contributed by atoms with Gasteiger partial charge in [-0.1, -0.05) is 30.3 Å². The van der Waals surface area contributed by atoms with E-state index in [2.05, 4.69) is 43.9 Å². The normalized spacial score (nSPS) is 19.4. The largest absolute Gasteiger partial charge is 0.447 e. The predicted octanol–water partition coefficient (Wildman–Crippen LogP) is 1.54. The Kier molecular flexibility index (Phi) is 9.28. The van der Waals surface area contributed by atoms with Crippen LogP contribution in [0.15, 0.2) is 41.0 Å². The molecule has 4 rings (SSSR count). The van der Waals surface area contributed by atoms with Gasteiger partial charge in [0.05, 0.1) is 25.4 Å². The lowest BCUT2D eigenvalue weighted by Crippen LogP contribution is -2.48. The third kappa shape index (κ3) is 7.85. The molecule has 1 aromatic carbocycles. The maximum atomic E-state index is 12.9. The number of rotatable bonds is 10. The van der Waals surface area contributed by atoms with Gasteiger partial charge >= 0.3 is 0 Å². The first-order valence-electron chi connectivity index (χ1n) is 12.7. The number of hydrogen-bond acceptors (Lipinski definition) is 8. The minimum absolute atomic E-state index is 0.0539. The fourth-order valence-electron chi connectivity index (χ4n) is 4.57. The number of nitrogens with zero attached hydrogens (tertiary/aromatic N) is 5.